The van der Waals surface area contributed by atoms with Crippen LogP contribution in [0.4, 0.5) is 0 Å². The van der Waals surface area contributed by atoms with Gasteiger partial charge in [-0.3, -0.25) is 4.40 Å². The largest absolute Gasteiger partial charge is 0.283 e. The second-order valence-electron chi connectivity index (χ2n) is 9.62. The number of fused-ring (bicyclic) bond motifs is 5. The summed E-state index contributed by atoms with van der Waals surface area (Å²) in [5.41, 5.74) is 8.44. The number of imidazole rings is 1. The van der Waals surface area contributed by atoms with E-state index in [9.17, 15) is 0 Å². The fraction of sp³-hybridized carbons (Fsp3) is 0. The van der Waals surface area contributed by atoms with Gasteiger partial charge >= 0.3 is 0 Å². The van der Waals surface area contributed by atoms with Crippen molar-refractivity contribution in [3.8, 4) is 45.3 Å². The SMILES string of the molecule is c1ccc(-c2nc(-c3ccccc3)nc(-c3ccc(-c4ccc5nc6sc7ccccc7n6c5c4)cc3)n2)cc1. The van der Waals surface area contributed by atoms with E-state index >= 15 is 0 Å². The molecule has 0 atom stereocenters. The molecule has 0 saturated heterocycles. The van der Waals surface area contributed by atoms with Gasteiger partial charge in [0.05, 0.1) is 21.3 Å². The van der Waals surface area contributed by atoms with Gasteiger partial charge in [0.1, 0.15) is 0 Å². The third-order valence-electron chi connectivity index (χ3n) is 7.11. The van der Waals surface area contributed by atoms with Gasteiger partial charge in [0.25, 0.3) is 0 Å². The Balaban J connectivity index is 1.21. The molecule has 0 aliphatic heterocycles. The van der Waals surface area contributed by atoms with Gasteiger partial charge < -0.3 is 0 Å². The highest BCUT2D eigenvalue weighted by Crippen LogP contribution is 2.33. The van der Waals surface area contributed by atoms with Gasteiger partial charge in [-0.25, -0.2) is 19.9 Å². The molecule has 3 aromatic heterocycles. The average Bonchev–Trinajstić information content (AvgIpc) is 3.57. The van der Waals surface area contributed by atoms with Crippen molar-refractivity contribution in [2.75, 3.05) is 0 Å². The Morgan fingerprint density at radius 1 is 0.425 bits per heavy atom. The van der Waals surface area contributed by atoms with Crippen LogP contribution >= 0.6 is 11.3 Å². The van der Waals surface area contributed by atoms with E-state index in [1.807, 2.05) is 60.7 Å². The number of thiazole rings is 1. The van der Waals surface area contributed by atoms with E-state index in [0.717, 1.165) is 43.8 Å². The first-order valence-corrected chi connectivity index (χ1v) is 13.9. The Morgan fingerprint density at radius 3 is 1.60 bits per heavy atom. The van der Waals surface area contributed by atoms with Crippen LogP contribution in [0.2, 0.25) is 0 Å². The molecule has 0 bridgehead atoms. The van der Waals surface area contributed by atoms with Crippen LogP contribution in [0.5, 0.6) is 0 Å². The Morgan fingerprint density at radius 2 is 0.950 bits per heavy atom. The normalized spacial score (nSPS) is 11.5. The number of nitrogens with zero attached hydrogens (tertiary/aromatic N) is 5. The summed E-state index contributed by atoms with van der Waals surface area (Å²) in [5.74, 6) is 1.97. The predicted octanol–water partition coefficient (Wildman–Crippen LogP) is 8.56. The molecule has 40 heavy (non-hydrogen) atoms. The van der Waals surface area contributed by atoms with Crippen LogP contribution in [0, 0.1) is 0 Å². The highest BCUT2D eigenvalue weighted by Gasteiger charge is 2.14. The van der Waals surface area contributed by atoms with Crippen molar-refractivity contribution < 1.29 is 0 Å². The lowest BCUT2D eigenvalue weighted by Gasteiger charge is -2.09. The third-order valence-corrected chi connectivity index (χ3v) is 8.13. The van der Waals surface area contributed by atoms with Gasteiger partial charge in [0, 0.05) is 16.7 Å². The number of para-hydroxylation sites is 1. The summed E-state index contributed by atoms with van der Waals surface area (Å²) in [5, 5.41) is 0. The minimum atomic E-state index is 0.650. The first kappa shape index (κ1) is 22.8. The smallest absolute Gasteiger partial charge is 0.195 e. The summed E-state index contributed by atoms with van der Waals surface area (Å²) < 4.78 is 3.50. The molecule has 0 saturated carbocycles. The molecule has 0 aliphatic carbocycles. The summed E-state index contributed by atoms with van der Waals surface area (Å²) in [6.07, 6.45) is 0. The predicted molar refractivity (Wildman–Crippen MR) is 163 cm³/mol. The van der Waals surface area contributed by atoms with E-state index in [0.29, 0.717) is 17.5 Å². The molecule has 0 fully saturated rings. The van der Waals surface area contributed by atoms with Gasteiger partial charge in [0.15, 0.2) is 22.4 Å². The second kappa shape index (κ2) is 9.22. The van der Waals surface area contributed by atoms with Gasteiger partial charge in [0.2, 0.25) is 0 Å². The van der Waals surface area contributed by atoms with E-state index in [1.54, 1.807) is 11.3 Å². The Kier molecular flexibility index (Phi) is 5.24. The summed E-state index contributed by atoms with van der Waals surface area (Å²) >= 11 is 1.72. The summed E-state index contributed by atoms with van der Waals surface area (Å²) in [6, 6.07) is 43.5. The summed E-state index contributed by atoms with van der Waals surface area (Å²) in [6.45, 7) is 0. The Hall–Kier alpha value is -5.20. The van der Waals surface area contributed by atoms with Crippen LogP contribution in [0.25, 0.3) is 71.5 Å². The first-order valence-electron chi connectivity index (χ1n) is 13.1. The van der Waals surface area contributed by atoms with Crippen molar-refractivity contribution in [1.29, 1.82) is 0 Å². The fourth-order valence-corrected chi connectivity index (χ4v) is 6.15. The third kappa shape index (κ3) is 3.85. The topological polar surface area (TPSA) is 56.0 Å². The van der Waals surface area contributed by atoms with Crippen molar-refractivity contribution in [3.63, 3.8) is 0 Å². The van der Waals surface area contributed by atoms with Gasteiger partial charge in [-0.2, -0.15) is 0 Å². The minimum absolute atomic E-state index is 0.650. The number of hydrogen-bond donors (Lipinski definition) is 0. The molecule has 5 aromatic carbocycles. The number of aromatic nitrogens is 5. The maximum atomic E-state index is 4.87. The number of benzene rings is 5. The van der Waals surface area contributed by atoms with E-state index in [1.165, 1.54) is 10.2 Å². The van der Waals surface area contributed by atoms with Crippen molar-refractivity contribution in [2.24, 2.45) is 0 Å². The van der Waals surface area contributed by atoms with E-state index < -0.39 is 0 Å². The molecule has 5 nitrogen and oxygen atoms in total. The highest BCUT2D eigenvalue weighted by molar-refractivity contribution is 7.23. The van der Waals surface area contributed by atoms with E-state index in [-0.39, 0.29) is 0 Å². The van der Waals surface area contributed by atoms with Crippen molar-refractivity contribution >= 4 is 37.5 Å². The lowest BCUT2D eigenvalue weighted by Crippen LogP contribution is -2.00. The second-order valence-corrected chi connectivity index (χ2v) is 10.6. The monoisotopic (exact) mass is 531 g/mol. The van der Waals surface area contributed by atoms with E-state index in [2.05, 4.69) is 71.1 Å². The summed E-state index contributed by atoms with van der Waals surface area (Å²) in [4.78, 5) is 20.4. The zero-order valence-electron chi connectivity index (χ0n) is 21.3. The van der Waals surface area contributed by atoms with Crippen LogP contribution in [0.3, 0.4) is 0 Å². The van der Waals surface area contributed by atoms with Crippen LogP contribution in [-0.4, -0.2) is 24.3 Å². The van der Waals surface area contributed by atoms with E-state index in [4.69, 9.17) is 19.9 Å². The molecule has 0 N–H and O–H groups in total. The fourth-order valence-electron chi connectivity index (χ4n) is 5.11. The molecule has 0 aliphatic rings. The van der Waals surface area contributed by atoms with Crippen molar-refractivity contribution in [1.82, 2.24) is 24.3 Å². The zero-order valence-corrected chi connectivity index (χ0v) is 22.1. The first-order chi connectivity index (χ1) is 19.8. The molecule has 0 spiro atoms. The highest BCUT2D eigenvalue weighted by atomic mass is 32.1. The molecule has 0 amide bonds. The molecular formula is C34H21N5S. The number of hydrogen-bond acceptors (Lipinski definition) is 5. The van der Waals surface area contributed by atoms with Crippen molar-refractivity contribution in [2.45, 2.75) is 0 Å². The average molecular weight is 532 g/mol. The van der Waals surface area contributed by atoms with Crippen molar-refractivity contribution in [3.05, 3.63) is 127 Å². The van der Waals surface area contributed by atoms with Crippen LogP contribution in [0.15, 0.2) is 127 Å². The van der Waals surface area contributed by atoms with Crippen LogP contribution in [-0.2, 0) is 0 Å². The zero-order chi connectivity index (χ0) is 26.5. The molecule has 8 aromatic rings. The maximum Gasteiger partial charge on any atom is 0.195 e. The molecule has 0 unspecified atom stereocenters. The molecule has 6 heteroatoms. The minimum Gasteiger partial charge on any atom is -0.283 e. The van der Waals surface area contributed by atoms with Gasteiger partial charge in [-0.15, -0.1) is 0 Å². The van der Waals surface area contributed by atoms with Crippen LogP contribution < -0.4 is 0 Å². The van der Waals surface area contributed by atoms with Gasteiger partial charge in [-0.05, 0) is 35.4 Å². The quantitative estimate of drug-likeness (QED) is 0.228. The lowest BCUT2D eigenvalue weighted by molar-refractivity contribution is 1.07. The molecule has 0 radical (unpaired) electrons. The maximum absolute atomic E-state index is 4.87. The Bertz CT molecular complexity index is 2090. The lowest BCUT2D eigenvalue weighted by atomic mass is 10.0. The molecule has 8 rings (SSSR count). The standard InChI is InChI=1S/C34H21N5S/c1-3-9-23(10-4-1)31-36-32(24-11-5-2-6-12-24)38-33(37-31)25-17-15-22(16-18-25)26-19-20-27-29(21-26)39-28-13-7-8-14-30(28)40-34(39)35-27/h1-21H. The summed E-state index contributed by atoms with van der Waals surface area (Å²) in [7, 11) is 0. The van der Waals surface area contributed by atoms with Gasteiger partial charge in [-0.1, -0.05) is 114 Å². The Labute approximate surface area is 234 Å². The van der Waals surface area contributed by atoms with Crippen LogP contribution in [0.1, 0.15) is 0 Å². The molecule has 188 valence electrons. The molecular weight excluding hydrogens is 510 g/mol. The number of rotatable bonds is 4. The molecule has 3 heterocycles.